The maximum absolute atomic E-state index is 6.23. The monoisotopic (exact) mass is 282 g/mol. The van der Waals surface area contributed by atoms with Crippen LogP contribution in [0.5, 0.6) is 0 Å². The second kappa shape index (κ2) is 4.19. The largest absolute Gasteiger partial charge is 0.346 e. The third-order valence-electron chi connectivity index (χ3n) is 6.49. The highest BCUT2D eigenvalue weighted by Gasteiger charge is 2.68. The first-order valence-electron chi connectivity index (χ1n) is 8.16. The van der Waals surface area contributed by atoms with Gasteiger partial charge in [0.1, 0.15) is 0 Å². The molecule has 8 atom stereocenters. The summed E-state index contributed by atoms with van der Waals surface area (Å²) in [6.45, 7) is 8.77. The van der Waals surface area contributed by atoms with Gasteiger partial charge in [-0.3, -0.25) is 0 Å². The Labute approximate surface area is 121 Å². The standard InChI is InChI=1S/C16H26O4/c1-9-5-6-13-10(2)11(3)17-14-16(13)12(9)7-8-15(4,18-14)19-20-16/h9-14H,5-8H2,1-4H3/t9-,10+,11?,12+,13?,14-,15-,16-/m1/s1. The van der Waals surface area contributed by atoms with Crippen molar-refractivity contribution in [1.82, 2.24) is 0 Å². The lowest BCUT2D eigenvalue weighted by Crippen LogP contribution is -2.70. The van der Waals surface area contributed by atoms with Gasteiger partial charge in [0, 0.05) is 12.3 Å². The summed E-state index contributed by atoms with van der Waals surface area (Å²) in [5.74, 6) is 1.44. The van der Waals surface area contributed by atoms with Crippen LogP contribution in [-0.2, 0) is 19.2 Å². The van der Waals surface area contributed by atoms with Crippen LogP contribution < -0.4 is 0 Å². The third kappa shape index (κ3) is 1.57. The summed E-state index contributed by atoms with van der Waals surface area (Å²) < 4.78 is 12.5. The fraction of sp³-hybridized carbons (Fsp3) is 1.00. The maximum atomic E-state index is 6.23. The average molecular weight is 282 g/mol. The molecule has 2 bridgehead atoms. The van der Waals surface area contributed by atoms with E-state index in [1.165, 1.54) is 12.8 Å². The van der Waals surface area contributed by atoms with Crippen molar-refractivity contribution in [1.29, 1.82) is 0 Å². The van der Waals surface area contributed by atoms with E-state index < -0.39 is 5.79 Å². The smallest absolute Gasteiger partial charge is 0.201 e. The first-order valence-corrected chi connectivity index (χ1v) is 8.16. The van der Waals surface area contributed by atoms with Crippen LogP contribution in [0.1, 0.15) is 53.4 Å². The molecule has 20 heavy (non-hydrogen) atoms. The van der Waals surface area contributed by atoms with Gasteiger partial charge in [-0.05, 0) is 50.9 Å². The second-order valence-electron chi connectivity index (χ2n) is 7.61. The number of rotatable bonds is 0. The highest BCUT2D eigenvalue weighted by atomic mass is 17.3. The van der Waals surface area contributed by atoms with Crippen molar-refractivity contribution in [3.63, 3.8) is 0 Å². The highest BCUT2D eigenvalue weighted by molar-refractivity contribution is 5.09. The topological polar surface area (TPSA) is 36.9 Å². The van der Waals surface area contributed by atoms with Crippen molar-refractivity contribution in [2.45, 2.75) is 77.2 Å². The van der Waals surface area contributed by atoms with Crippen molar-refractivity contribution < 1.29 is 19.2 Å². The first kappa shape index (κ1) is 13.5. The minimum atomic E-state index is -0.641. The van der Waals surface area contributed by atoms with Crippen LogP contribution in [0.4, 0.5) is 0 Å². The number of fused-ring (bicyclic) bond motifs is 2. The molecule has 0 aromatic heterocycles. The van der Waals surface area contributed by atoms with E-state index in [0.717, 1.165) is 12.8 Å². The molecule has 1 aliphatic carbocycles. The van der Waals surface area contributed by atoms with Gasteiger partial charge in [-0.25, -0.2) is 9.78 Å². The normalized spacial score (nSPS) is 61.8. The second-order valence-corrected chi connectivity index (χ2v) is 7.61. The Bertz CT molecular complexity index is 409. The van der Waals surface area contributed by atoms with E-state index in [1.807, 2.05) is 6.92 Å². The SMILES string of the molecule is CC1O[C@@H]2O[C@@]3(C)CC[C@H]4[C@H](C)CCC([C@H]1C)[C@@]24OO3. The summed E-state index contributed by atoms with van der Waals surface area (Å²) in [6.07, 6.45) is 4.41. The molecule has 5 aliphatic rings. The van der Waals surface area contributed by atoms with Gasteiger partial charge >= 0.3 is 0 Å². The molecule has 2 unspecified atom stereocenters. The van der Waals surface area contributed by atoms with Crippen LogP contribution in [0.25, 0.3) is 0 Å². The molecular formula is C16H26O4. The number of hydrogen-bond donors (Lipinski definition) is 0. The van der Waals surface area contributed by atoms with Crippen molar-refractivity contribution in [3.05, 3.63) is 0 Å². The zero-order chi connectivity index (χ0) is 14.1. The van der Waals surface area contributed by atoms with Crippen LogP contribution >= 0.6 is 0 Å². The van der Waals surface area contributed by atoms with Crippen LogP contribution in [0.2, 0.25) is 0 Å². The Kier molecular flexibility index (Phi) is 2.83. The summed E-state index contributed by atoms with van der Waals surface area (Å²) >= 11 is 0. The van der Waals surface area contributed by atoms with Gasteiger partial charge in [-0.1, -0.05) is 13.8 Å². The molecule has 0 aromatic carbocycles. The fourth-order valence-corrected chi connectivity index (χ4v) is 5.08. The summed E-state index contributed by atoms with van der Waals surface area (Å²) in [5.41, 5.74) is -0.389. The molecule has 5 fully saturated rings. The molecule has 1 spiro atoms. The first-order chi connectivity index (χ1) is 9.46. The Morgan fingerprint density at radius 3 is 2.55 bits per heavy atom. The molecule has 0 N–H and O–H groups in total. The number of hydrogen-bond acceptors (Lipinski definition) is 4. The summed E-state index contributed by atoms with van der Waals surface area (Å²) in [6, 6.07) is 0. The van der Waals surface area contributed by atoms with Crippen LogP contribution in [0, 0.1) is 23.7 Å². The molecular weight excluding hydrogens is 256 g/mol. The average Bonchev–Trinajstić information content (AvgIpc) is 2.63. The molecule has 4 nitrogen and oxygen atoms in total. The molecule has 114 valence electrons. The van der Waals surface area contributed by atoms with Crippen LogP contribution in [0.15, 0.2) is 0 Å². The minimum absolute atomic E-state index is 0.219. The predicted octanol–water partition coefficient (Wildman–Crippen LogP) is 3.26. The fourth-order valence-electron chi connectivity index (χ4n) is 5.08. The van der Waals surface area contributed by atoms with Crippen molar-refractivity contribution in [2.24, 2.45) is 23.7 Å². The molecule has 4 aliphatic heterocycles. The maximum Gasteiger partial charge on any atom is 0.201 e. The van der Waals surface area contributed by atoms with Crippen LogP contribution in [-0.4, -0.2) is 23.8 Å². The van der Waals surface area contributed by atoms with E-state index >= 15 is 0 Å². The molecule has 0 radical (unpaired) electrons. The van der Waals surface area contributed by atoms with Gasteiger partial charge in [-0.15, -0.1) is 0 Å². The van der Waals surface area contributed by atoms with E-state index in [9.17, 15) is 0 Å². The Balaban J connectivity index is 1.82. The highest BCUT2D eigenvalue weighted by Crippen LogP contribution is 2.60. The lowest BCUT2D eigenvalue weighted by atomic mass is 9.57. The molecule has 0 amide bonds. The summed E-state index contributed by atoms with van der Waals surface area (Å²) in [7, 11) is 0. The van der Waals surface area contributed by atoms with E-state index in [2.05, 4.69) is 20.8 Å². The van der Waals surface area contributed by atoms with E-state index in [-0.39, 0.29) is 18.0 Å². The Hall–Kier alpha value is -0.160. The molecule has 5 rings (SSSR count). The van der Waals surface area contributed by atoms with Crippen molar-refractivity contribution >= 4 is 0 Å². The Morgan fingerprint density at radius 1 is 0.950 bits per heavy atom. The van der Waals surface area contributed by atoms with E-state index in [1.54, 1.807) is 0 Å². The van der Waals surface area contributed by atoms with Crippen molar-refractivity contribution in [3.8, 4) is 0 Å². The predicted molar refractivity (Wildman–Crippen MR) is 72.5 cm³/mol. The summed E-state index contributed by atoms with van der Waals surface area (Å²) in [4.78, 5) is 11.8. The van der Waals surface area contributed by atoms with Crippen LogP contribution in [0.3, 0.4) is 0 Å². The molecule has 0 aromatic rings. The van der Waals surface area contributed by atoms with Gasteiger partial charge in [0.05, 0.1) is 6.10 Å². The zero-order valence-electron chi connectivity index (χ0n) is 12.9. The molecule has 4 saturated heterocycles. The third-order valence-corrected chi connectivity index (χ3v) is 6.49. The van der Waals surface area contributed by atoms with Gasteiger partial charge in [0.2, 0.25) is 5.79 Å². The molecule has 1 saturated carbocycles. The van der Waals surface area contributed by atoms with Gasteiger partial charge in [0.25, 0.3) is 0 Å². The van der Waals surface area contributed by atoms with Crippen molar-refractivity contribution in [2.75, 3.05) is 0 Å². The van der Waals surface area contributed by atoms with Gasteiger partial charge in [-0.2, -0.15) is 0 Å². The summed E-state index contributed by atoms with van der Waals surface area (Å²) in [5, 5.41) is 0. The van der Waals surface area contributed by atoms with Gasteiger partial charge in [0.15, 0.2) is 11.9 Å². The molecule has 4 heteroatoms. The molecule has 4 heterocycles. The van der Waals surface area contributed by atoms with E-state index in [0.29, 0.717) is 23.7 Å². The quantitative estimate of drug-likeness (QED) is 0.639. The van der Waals surface area contributed by atoms with E-state index in [4.69, 9.17) is 19.2 Å². The minimum Gasteiger partial charge on any atom is -0.346 e. The lowest BCUT2D eigenvalue weighted by Gasteiger charge is -2.60. The number of ether oxygens (including phenoxy) is 2. The zero-order valence-corrected chi connectivity index (χ0v) is 12.9. The lowest BCUT2D eigenvalue weighted by molar-refractivity contribution is -0.570. The van der Waals surface area contributed by atoms with Gasteiger partial charge < -0.3 is 9.47 Å². The Morgan fingerprint density at radius 2 is 1.75 bits per heavy atom.